The fourth-order valence-electron chi connectivity index (χ4n) is 3.63. The van der Waals surface area contributed by atoms with Crippen molar-refractivity contribution in [3.63, 3.8) is 0 Å². The van der Waals surface area contributed by atoms with Gasteiger partial charge in [0, 0.05) is 33.9 Å². The predicted molar refractivity (Wildman–Crippen MR) is 135 cm³/mol. The second kappa shape index (κ2) is 11.4. The van der Waals surface area contributed by atoms with Gasteiger partial charge in [-0.2, -0.15) is 0 Å². The van der Waals surface area contributed by atoms with E-state index in [2.05, 4.69) is 94.9 Å². The van der Waals surface area contributed by atoms with Crippen LogP contribution < -0.4 is 0 Å². The van der Waals surface area contributed by atoms with E-state index in [1.165, 1.54) is 46.2 Å². The number of benzene rings is 4. The smallest absolute Gasteiger partial charge is 0.300 e. The van der Waals surface area contributed by atoms with Gasteiger partial charge in [0.05, 0.1) is 11.0 Å². The summed E-state index contributed by atoms with van der Waals surface area (Å²) in [5.74, 6) is 0.167. The van der Waals surface area contributed by atoms with Gasteiger partial charge in [-0.05, 0) is 36.8 Å². The van der Waals surface area contributed by atoms with Crippen molar-refractivity contribution in [2.45, 2.75) is 13.8 Å². The minimum atomic E-state index is 0. The number of hydrogen-bond acceptors (Lipinski definition) is 3. The average molecular weight is 609 g/mol. The Morgan fingerprint density at radius 2 is 0.848 bits per heavy atom. The number of carbonyl (C=O) groups excluding carboxylic acids is 1. The van der Waals surface area contributed by atoms with Crippen molar-refractivity contribution in [1.29, 1.82) is 0 Å². The Hall–Kier alpha value is -3.46. The summed E-state index contributed by atoms with van der Waals surface area (Å²) in [5.41, 5.74) is 2.18. The number of Topliss-reactive ketones (excluding diaryl/α,β-unsaturated/α-hetero) is 1. The molecule has 2 heterocycles. The third-order valence-corrected chi connectivity index (χ3v) is 4.99. The fourth-order valence-corrected chi connectivity index (χ4v) is 3.63. The zero-order valence-corrected chi connectivity index (χ0v) is 20.9. The Kier molecular flexibility index (Phi) is 8.37. The molecule has 0 atom stereocenters. The Labute approximate surface area is 206 Å². The van der Waals surface area contributed by atoms with Crippen LogP contribution in [-0.4, -0.2) is 15.8 Å². The van der Waals surface area contributed by atoms with Crippen molar-refractivity contribution in [1.82, 2.24) is 9.97 Å². The van der Waals surface area contributed by atoms with Crippen molar-refractivity contribution >= 4 is 49.1 Å². The summed E-state index contributed by atoms with van der Waals surface area (Å²) in [4.78, 5) is 18.3. The molecule has 0 bridgehead atoms. The molecule has 0 spiro atoms. The van der Waals surface area contributed by atoms with Gasteiger partial charge >= 0.3 is 20.1 Å². The van der Waals surface area contributed by atoms with E-state index in [-0.39, 0.29) is 25.9 Å². The van der Waals surface area contributed by atoms with Crippen LogP contribution >= 0.6 is 0 Å². The van der Waals surface area contributed by atoms with E-state index in [1.807, 2.05) is 24.5 Å². The molecule has 0 saturated heterocycles. The van der Waals surface area contributed by atoms with Crippen molar-refractivity contribution in [2.75, 3.05) is 0 Å². The minimum absolute atomic E-state index is 0. The van der Waals surface area contributed by atoms with Gasteiger partial charge in [0.15, 0.2) is 0 Å². The van der Waals surface area contributed by atoms with Crippen LogP contribution in [0.3, 0.4) is 0 Å². The van der Waals surface area contributed by atoms with Crippen LogP contribution in [0, 0.1) is 0 Å². The van der Waals surface area contributed by atoms with E-state index in [9.17, 15) is 4.79 Å². The van der Waals surface area contributed by atoms with Gasteiger partial charge in [-0.1, -0.05) is 84.9 Å². The van der Waals surface area contributed by atoms with Gasteiger partial charge in [0.1, 0.15) is 5.78 Å². The van der Waals surface area contributed by atoms with Crippen LogP contribution in [0.15, 0.2) is 109 Å². The number of rotatable bonds is 0. The standard InChI is InChI=1S/2C13H9N.C3H6O.Ir/c2*1-2-6-12-10(4-1)7-8-11-5-3-9-14-13(11)12;1-3(2)4;/h2*1-9H;1-2H3;/q;;;+3. The van der Waals surface area contributed by atoms with Gasteiger partial charge in [-0.25, -0.2) is 0 Å². The average Bonchev–Trinajstić information content (AvgIpc) is 2.84. The molecule has 0 amide bonds. The Balaban J connectivity index is 0.000000156. The van der Waals surface area contributed by atoms with Crippen molar-refractivity contribution in [2.24, 2.45) is 0 Å². The van der Waals surface area contributed by atoms with Gasteiger partial charge in [-0.3, -0.25) is 9.97 Å². The number of nitrogens with zero attached hydrogens (tertiary/aromatic N) is 2. The first kappa shape index (κ1) is 24.2. The number of hydrogen-bond donors (Lipinski definition) is 0. The van der Waals surface area contributed by atoms with Gasteiger partial charge in [-0.15, -0.1) is 0 Å². The first-order valence-electron chi connectivity index (χ1n) is 10.6. The molecule has 0 radical (unpaired) electrons. The van der Waals surface area contributed by atoms with Crippen LogP contribution in [0.4, 0.5) is 0 Å². The molecular formula is C29H24IrN2O+3. The molecule has 3 nitrogen and oxygen atoms in total. The third-order valence-electron chi connectivity index (χ3n) is 4.99. The van der Waals surface area contributed by atoms with Crippen molar-refractivity contribution in [3.05, 3.63) is 109 Å². The molecule has 0 aliphatic rings. The van der Waals surface area contributed by atoms with E-state index in [4.69, 9.17) is 0 Å². The monoisotopic (exact) mass is 609 g/mol. The summed E-state index contributed by atoms with van der Waals surface area (Å²) < 4.78 is 0. The fraction of sp³-hybridized carbons (Fsp3) is 0.0690. The molecule has 162 valence electrons. The summed E-state index contributed by atoms with van der Waals surface area (Å²) >= 11 is 0. The molecule has 6 aromatic rings. The molecule has 0 aliphatic carbocycles. The number of ketones is 1. The summed E-state index contributed by atoms with van der Waals surface area (Å²) in [6.07, 6.45) is 3.68. The molecule has 33 heavy (non-hydrogen) atoms. The third kappa shape index (κ3) is 5.87. The van der Waals surface area contributed by atoms with Gasteiger partial charge in [0.25, 0.3) is 0 Å². The van der Waals surface area contributed by atoms with Crippen LogP contribution in [0.1, 0.15) is 13.8 Å². The SMILES string of the molecule is CC(C)=O.[Ir+3].c1ccc2c(c1)ccc1cccnc12.c1ccc2c(c1)ccc1cccnc12. The zero-order chi connectivity index (χ0) is 22.3. The second-order valence-electron chi connectivity index (χ2n) is 7.63. The number of carbonyl (C=O) groups is 1. The van der Waals surface area contributed by atoms with E-state index in [1.54, 1.807) is 0 Å². The number of aromatic nitrogens is 2. The molecular weight excluding hydrogens is 585 g/mol. The van der Waals surface area contributed by atoms with Crippen LogP contribution in [0.5, 0.6) is 0 Å². The predicted octanol–water partition coefficient (Wildman–Crippen LogP) is 7.37. The number of fused-ring (bicyclic) bond motifs is 6. The van der Waals surface area contributed by atoms with E-state index < -0.39 is 0 Å². The van der Waals surface area contributed by atoms with Crippen LogP contribution in [0.2, 0.25) is 0 Å². The largest absolute Gasteiger partial charge is 3.00 e. The maximum Gasteiger partial charge on any atom is 3.00 e. The van der Waals surface area contributed by atoms with Crippen molar-refractivity contribution < 1.29 is 24.9 Å². The molecule has 0 fully saturated rings. The molecule has 4 aromatic carbocycles. The minimum Gasteiger partial charge on any atom is -0.300 e. The topological polar surface area (TPSA) is 42.9 Å². The molecule has 4 heteroatoms. The normalized spacial score (nSPS) is 10.0. The first-order valence-corrected chi connectivity index (χ1v) is 10.6. The molecule has 2 aromatic heterocycles. The summed E-state index contributed by atoms with van der Waals surface area (Å²) in [6.45, 7) is 3.06. The van der Waals surface area contributed by atoms with Crippen molar-refractivity contribution in [3.8, 4) is 0 Å². The summed E-state index contributed by atoms with van der Waals surface area (Å²) in [5, 5.41) is 7.35. The second-order valence-corrected chi connectivity index (χ2v) is 7.63. The van der Waals surface area contributed by atoms with Crippen LogP contribution in [0.25, 0.3) is 43.4 Å². The zero-order valence-electron chi connectivity index (χ0n) is 18.5. The van der Waals surface area contributed by atoms with E-state index >= 15 is 0 Å². The maximum absolute atomic E-state index is 9.44. The van der Waals surface area contributed by atoms with E-state index in [0.29, 0.717) is 0 Å². The Morgan fingerprint density at radius 1 is 0.515 bits per heavy atom. The molecule has 0 N–H and O–H groups in total. The number of pyridine rings is 2. The molecule has 0 unspecified atom stereocenters. The first-order chi connectivity index (χ1) is 15.6. The molecule has 0 aliphatic heterocycles. The van der Waals surface area contributed by atoms with Gasteiger partial charge < -0.3 is 4.79 Å². The van der Waals surface area contributed by atoms with E-state index in [0.717, 1.165) is 11.0 Å². The van der Waals surface area contributed by atoms with Crippen LogP contribution in [-0.2, 0) is 24.9 Å². The van der Waals surface area contributed by atoms with Gasteiger partial charge in [0.2, 0.25) is 0 Å². The molecule has 6 rings (SSSR count). The Morgan fingerprint density at radius 3 is 1.27 bits per heavy atom. The molecule has 0 saturated carbocycles. The Bertz CT molecular complexity index is 1300. The maximum atomic E-state index is 9.44. The quantitative estimate of drug-likeness (QED) is 0.169. The summed E-state index contributed by atoms with van der Waals surface area (Å²) in [6, 6.07) is 33.3. The summed E-state index contributed by atoms with van der Waals surface area (Å²) in [7, 11) is 0.